The zero-order valence-electron chi connectivity index (χ0n) is 19.0. The van der Waals surface area contributed by atoms with Crippen LogP contribution in [0.1, 0.15) is 59.8 Å². The van der Waals surface area contributed by atoms with Gasteiger partial charge in [0.1, 0.15) is 6.10 Å². The molecule has 0 unspecified atom stereocenters. The molecule has 1 aliphatic heterocycles. The maximum Gasteiger partial charge on any atom is 0.305 e. The van der Waals surface area contributed by atoms with Gasteiger partial charge in [-0.2, -0.15) is 8.42 Å². The van der Waals surface area contributed by atoms with Crippen molar-refractivity contribution in [3.63, 3.8) is 0 Å². The van der Waals surface area contributed by atoms with Gasteiger partial charge in [0, 0.05) is 32.6 Å². The molecule has 0 radical (unpaired) electrons. The molecule has 0 aromatic carbocycles. The average Bonchev–Trinajstić information content (AvgIpc) is 2.68. The van der Waals surface area contributed by atoms with Crippen molar-refractivity contribution in [1.29, 1.82) is 0 Å². The van der Waals surface area contributed by atoms with Crippen molar-refractivity contribution in [3.05, 3.63) is 0 Å². The lowest BCUT2D eigenvalue weighted by Gasteiger charge is -2.43. The summed E-state index contributed by atoms with van der Waals surface area (Å²) in [5, 5.41) is 0. The molecular formula is C20H34O11S. The first-order chi connectivity index (χ1) is 14.9. The molecule has 32 heavy (non-hydrogen) atoms. The van der Waals surface area contributed by atoms with Crippen LogP contribution in [0.3, 0.4) is 0 Å². The highest BCUT2D eigenvalue weighted by Crippen LogP contribution is 2.32. The lowest BCUT2D eigenvalue weighted by molar-refractivity contribution is -0.290. The van der Waals surface area contributed by atoms with Crippen LogP contribution in [0.2, 0.25) is 0 Å². The zero-order chi connectivity index (χ0) is 24.3. The lowest BCUT2D eigenvalue weighted by Crippen LogP contribution is -2.57. The van der Waals surface area contributed by atoms with E-state index in [-0.39, 0.29) is 44.5 Å². The number of rotatable bonds is 13. The number of hydrogen-bond acceptors (Lipinski definition) is 10. The second-order valence-electron chi connectivity index (χ2n) is 7.65. The van der Waals surface area contributed by atoms with E-state index in [9.17, 15) is 22.8 Å². The molecule has 1 fully saturated rings. The molecule has 1 rings (SSSR count). The Labute approximate surface area is 188 Å². The molecule has 1 aliphatic rings. The summed E-state index contributed by atoms with van der Waals surface area (Å²) in [5.41, 5.74) is 0. The summed E-state index contributed by atoms with van der Waals surface area (Å²) in [6, 6.07) is 0. The van der Waals surface area contributed by atoms with Gasteiger partial charge in [0.25, 0.3) is 10.1 Å². The molecule has 0 bridgehead atoms. The van der Waals surface area contributed by atoms with E-state index in [1.54, 1.807) is 0 Å². The third-order valence-corrected chi connectivity index (χ3v) is 5.68. The van der Waals surface area contributed by atoms with Crippen molar-refractivity contribution < 1.29 is 51.0 Å². The molecule has 1 heterocycles. The van der Waals surface area contributed by atoms with Gasteiger partial charge >= 0.3 is 17.9 Å². The molecule has 0 aliphatic carbocycles. The van der Waals surface area contributed by atoms with E-state index in [1.165, 1.54) is 13.8 Å². The van der Waals surface area contributed by atoms with Crippen LogP contribution >= 0.6 is 0 Å². The first kappa shape index (κ1) is 28.3. The third kappa shape index (κ3) is 10.7. The van der Waals surface area contributed by atoms with Crippen LogP contribution in [-0.2, 0) is 48.2 Å². The highest BCUT2D eigenvalue weighted by Gasteiger charge is 2.47. The van der Waals surface area contributed by atoms with Crippen molar-refractivity contribution in [2.75, 3.05) is 19.0 Å². The molecule has 0 aromatic heterocycles. The van der Waals surface area contributed by atoms with Gasteiger partial charge in [-0.05, 0) is 19.3 Å². The summed E-state index contributed by atoms with van der Waals surface area (Å²) in [5.74, 6) is -2.16. The first-order valence-electron chi connectivity index (χ1n) is 10.7. The van der Waals surface area contributed by atoms with E-state index in [0.29, 0.717) is 12.8 Å². The largest absolute Gasteiger partial charge is 0.466 e. The van der Waals surface area contributed by atoms with Crippen molar-refractivity contribution in [3.8, 4) is 0 Å². The first-order valence-corrected chi connectivity index (χ1v) is 12.3. The maximum atomic E-state index is 11.7. The number of unbranched alkanes of at least 4 members (excludes halogenated alkanes) is 1. The van der Waals surface area contributed by atoms with Gasteiger partial charge in [-0.25, -0.2) is 0 Å². The average molecular weight is 483 g/mol. The molecule has 0 aromatic rings. The van der Waals surface area contributed by atoms with Crippen molar-refractivity contribution in [2.24, 2.45) is 5.92 Å². The quantitative estimate of drug-likeness (QED) is 0.176. The lowest BCUT2D eigenvalue weighted by atomic mass is 9.89. The second kappa shape index (κ2) is 13.7. The second-order valence-corrected chi connectivity index (χ2v) is 9.22. The summed E-state index contributed by atoms with van der Waals surface area (Å²) in [7, 11) is -4.03. The maximum absolute atomic E-state index is 11.7. The number of esters is 3. The van der Waals surface area contributed by atoms with E-state index >= 15 is 0 Å². The minimum absolute atomic E-state index is 0.0385. The minimum atomic E-state index is -4.03. The van der Waals surface area contributed by atoms with Crippen LogP contribution in [0.5, 0.6) is 0 Å². The Morgan fingerprint density at radius 2 is 1.59 bits per heavy atom. The molecule has 5 atom stereocenters. The topological polar surface area (TPSA) is 152 Å². The zero-order valence-corrected chi connectivity index (χ0v) is 19.8. The standard InChI is InChI=1S/C20H34O11S/c1-5-16-13(2)18(29-14(3)21)19(30-15(4)22)20(31-16)28-11-8-10-27-17(23)9-6-7-12-32(24,25)26/h13,16,18-20H,5-12H2,1-4H3,(H,24,25,26)/t13-,16-,18+,19-,20-/m1/s1. The fourth-order valence-electron chi connectivity index (χ4n) is 3.39. The predicted octanol–water partition coefficient (Wildman–Crippen LogP) is 1.63. The summed E-state index contributed by atoms with van der Waals surface area (Å²) < 4.78 is 57.4. The molecule has 186 valence electrons. The fourth-order valence-corrected chi connectivity index (χ4v) is 3.96. The third-order valence-electron chi connectivity index (χ3n) is 4.88. The molecular weight excluding hydrogens is 448 g/mol. The Balaban J connectivity index is 2.51. The predicted molar refractivity (Wildman–Crippen MR) is 111 cm³/mol. The molecule has 12 heteroatoms. The number of carbonyl (C=O) groups excluding carboxylic acids is 3. The van der Waals surface area contributed by atoms with Crippen LogP contribution in [0.15, 0.2) is 0 Å². The van der Waals surface area contributed by atoms with E-state index in [0.717, 1.165) is 0 Å². The van der Waals surface area contributed by atoms with Gasteiger partial charge in [-0.1, -0.05) is 13.8 Å². The van der Waals surface area contributed by atoms with Gasteiger partial charge < -0.3 is 23.7 Å². The number of ether oxygens (including phenoxy) is 5. The molecule has 0 saturated carbocycles. The minimum Gasteiger partial charge on any atom is -0.466 e. The van der Waals surface area contributed by atoms with Crippen LogP contribution < -0.4 is 0 Å². The highest BCUT2D eigenvalue weighted by molar-refractivity contribution is 7.85. The Hall–Kier alpha value is -1.76. The monoisotopic (exact) mass is 482 g/mol. The van der Waals surface area contributed by atoms with Crippen LogP contribution in [0.4, 0.5) is 0 Å². The normalized spacial score (nSPS) is 25.7. The van der Waals surface area contributed by atoms with E-state index in [1.807, 2.05) is 13.8 Å². The number of hydrogen-bond donors (Lipinski definition) is 1. The van der Waals surface area contributed by atoms with Crippen LogP contribution in [0.25, 0.3) is 0 Å². The Morgan fingerprint density at radius 1 is 0.969 bits per heavy atom. The summed E-state index contributed by atoms with van der Waals surface area (Å²) in [6.45, 7) is 6.50. The van der Waals surface area contributed by atoms with E-state index in [4.69, 9.17) is 28.2 Å². The van der Waals surface area contributed by atoms with Gasteiger partial charge in [-0.3, -0.25) is 18.9 Å². The molecule has 1 N–H and O–H groups in total. The van der Waals surface area contributed by atoms with Crippen LogP contribution in [-0.4, -0.2) is 74.4 Å². The molecule has 0 spiro atoms. The van der Waals surface area contributed by atoms with Crippen LogP contribution in [0, 0.1) is 5.92 Å². The summed E-state index contributed by atoms with van der Waals surface area (Å²) >= 11 is 0. The van der Waals surface area contributed by atoms with Gasteiger partial charge in [0.2, 0.25) is 0 Å². The van der Waals surface area contributed by atoms with Crippen molar-refractivity contribution in [1.82, 2.24) is 0 Å². The van der Waals surface area contributed by atoms with Crippen molar-refractivity contribution >= 4 is 28.0 Å². The van der Waals surface area contributed by atoms with Gasteiger partial charge in [0.05, 0.1) is 25.1 Å². The smallest absolute Gasteiger partial charge is 0.305 e. The highest BCUT2D eigenvalue weighted by atomic mass is 32.2. The van der Waals surface area contributed by atoms with E-state index in [2.05, 4.69) is 0 Å². The number of carbonyl (C=O) groups is 3. The Morgan fingerprint density at radius 3 is 2.16 bits per heavy atom. The van der Waals surface area contributed by atoms with Crippen molar-refractivity contribution in [2.45, 2.75) is 84.4 Å². The van der Waals surface area contributed by atoms with E-state index < -0.39 is 52.3 Å². The Kier molecular flexibility index (Phi) is 12.1. The summed E-state index contributed by atoms with van der Waals surface area (Å²) in [4.78, 5) is 34.8. The Bertz CT molecular complexity index is 721. The fraction of sp³-hybridized carbons (Fsp3) is 0.850. The SMILES string of the molecule is CC[C@H]1O[C@@H](OCCCOC(=O)CCCCS(=O)(=O)O)[C@H](OC(C)=O)[C@@H](OC(C)=O)[C@@H]1C. The molecule has 11 nitrogen and oxygen atoms in total. The molecule has 0 amide bonds. The van der Waals surface area contributed by atoms with Gasteiger partial charge in [-0.15, -0.1) is 0 Å². The van der Waals surface area contributed by atoms with Gasteiger partial charge in [0.15, 0.2) is 12.4 Å². The summed E-state index contributed by atoms with van der Waals surface area (Å²) in [6.07, 6.45) is -1.40. The molecule has 1 saturated heterocycles.